The molecule has 0 bridgehead atoms. The highest BCUT2D eigenvalue weighted by Gasteiger charge is 2.25. The number of sulfonamides is 1. The van der Waals surface area contributed by atoms with Gasteiger partial charge in [-0.25, -0.2) is 13.1 Å². The molecule has 1 atom stereocenters. The SMILES string of the molecule is CC1CSc2ccc(S(=O)(=O)NC(C)(C)C)cc2NC1=O. The van der Waals surface area contributed by atoms with Crippen molar-refractivity contribution in [2.24, 2.45) is 5.92 Å². The van der Waals surface area contributed by atoms with Crippen molar-refractivity contribution in [2.45, 2.75) is 43.0 Å². The van der Waals surface area contributed by atoms with Gasteiger partial charge < -0.3 is 5.32 Å². The van der Waals surface area contributed by atoms with Gasteiger partial charge in [0.1, 0.15) is 0 Å². The molecule has 21 heavy (non-hydrogen) atoms. The van der Waals surface area contributed by atoms with Gasteiger partial charge in [0.05, 0.1) is 10.6 Å². The number of benzene rings is 1. The Balaban J connectivity index is 2.38. The molecule has 2 rings (SSSR count). The molecule has 1 amide bonds. The highest BCUT2D eigenvalue weighted by Crippen LogP contribution is 2.34. The number of nitrogens with one attached hydrogen (secondary N) is 2. The number of amides is 1. The molecule has 1 aromatic carbocycles. The molecule has 1 heterocycles. The maximum atomic E-state index is 12.3. The monoisotopic (exact) mass is 328 g/mol. The third-order valence-electron chi connectivity index (χ3n) is 2.90. The van der Waals surface area contributed by atoms with E-state index in [1.807, 2.05) is 6.92 Å². The van der Waals surface area contributed by atoms with Gasteiger partial charge in [0.25, 0.3) is 0 Å². The van der Waals surface area contributed by atoms with Crippen LogP contribution in [0.5, 0.6) is 0 Å². The molecule has 0 aliphatic carbocycles. The Kier molecular flexibility index (Phi) is 4.37. The van der Waals surface area contributed by atoms with Crippen LogP contribution in [0.25, 0.3) is 0 Å². The Hall–Kier alpha value is -1.05. The zero-order chi connectivity index (χ0) is 15.8. The lowest BCUT2D eigenvalue weighted by Gasteiger charge is -2.20. The molecule has 1 unspecified atom stereocenters. The van der Waals surface area contributed by atoms with Crippen LogP contribution in [0.4, 0.5) is 5.69 Å². The number of hydrogen-bond donors (Lipinski definition) is 2. The molecule has 0 spiro atoms. The van der Waals surface area contributed by atoms with E-state index < -0.39 is 15.6 Å². The molecular weight excluding hydrogens is 308 g/mol. The van der Waals surface area contributed by atoms with E-state index in [1.165, 1.54) is 6.07 Å². The third-order valence-corrected chi connectivity index (χ3v) is 5.99. The molecule has 2 N–H and O–H groups in total. The normalized spacial score (nSPS) is 19.6. The van der Waals surface area contributed by atoms with Gasteiger partial charge in [-0.3, -0.25) is 4.79 Å². The van der Waals surface area contributed by atoms with Gasteiger partial charge in [0.15, 0.2) is 0 Å². The first kappa shape index (κ1) is 16.3. The Morgan fingerprint density at radius 2 is 2.00 bits per heavy atom. The van der Waals surface area contributed by atoms with E-state index in [0.717, 1.165) is 4.90 Å². The Morgan fingerprint density at radius 3 is 2.62 bits per heavy atom. The van der Waals surface area contributed by atoms with Crippen LogP contribution < -0.4 is 10.0 Å². The van der Waals surface area contributed by atoms with Gasteiger partial charge in [-0.2, -0.15) is 0 Å². The third kappa shape index (κ3) is 3.99. The smallest absolute Gasteiger partial charge is 0.241 e. The molecule has 0 saturated heterocycles. The summed E-state index contributed by atoms with van der Waals surface area (Å²) >= 11 is 1.56. The molecule has 0 radical (unpaired) electrons. The summed E-state index contributed by atoms with van der Waals surface area (Å²) in [5, 5.41) is 2.80. The Bertz CT molecular complexity index is 663. The van der Waals surface area contributed by atoms with Crippen LogP contribution in [-0.4, -0.2) is 25.6 Å². The van der Waals surface area contributed by atoms with Crippen molar-refractivity contribution >= 4 is 33.4 Å². The molecule has 1 aromatic rings. The first-order chi connectivity index (χ1) is 9.58. The van der Waals surface area contributed by atoms with Gasteiger partial charge in [-0.15, -0.1) is 11.8 Å². The maximum absolute atomic E-state index is 12.3. The molecule has 1 aliphatic heterocycles. The standard InChI is InChI=1S/C14H20N2O3S2/c1-9-8-20-12-6-5-10(7-11(12)15-13(9)17)21(18,19)16-14(2,3)4/h5-7,9,16H,8H2,1-4H3,(H,15,17). The second-order valence-electron chi connectivity index (χ2n) is 6.21. The summed E-state index contributed by atoms with van der Waals surface area (Å²) in [6.07, 6.45) is 0. The van der Waals surface area contributed by atoms with Crippen LogP contribution in [0.3, 0.4) is 0 Å². The summed E-state index contributed by atoms with van der Waals surface area (Å²) < 4.78 is 27.3. The minimum atomic E-state index is -3.60. The maximum Gasteiger partial charge on any atom is 0.241 e. The number of fused-ring (bicyclic) bond motifs is 1. The van der Waals surface area contributed by atoms with Crippen LogP contribution in [0.1, 0.15) is 27.7 Å². The fourth-order valence-corrected chi connectivity index (χ4v) is 4.36. The number of anilines is 1. The number of hydrogen-bond acceptors (Lipinski definition) is 4. The molecule has 5 nitrogen and oxygen atoms in total. The molecule has 0 fully saturated rings. The minimum Gasteiger partial charge on any atom is -0.325 e. The van der Waals surface area contributed by atoms with Crippen molar-refractivity contribution in [2.75, 3.05) is 11.1 Å². The van der Waals surface area contributed by atoms with E-state index in [2.05, 4.69) is 10.0 Å². The second-order valence-corrected chi connectivity index (χ2v) is 8.96. The van der Waals surface area contributed by atoms with E-state index in [9.17, 15) is 13.2 Å². The van der Waals surface area contributed by atoms with Gasteiger partial charge in [0, 0.05) is 22.1 Å². The lowest BCUT2D eigenvalue weighted by Crippen LogP contribution is -2.40. The fraction of sp³-hybridized carbons (Fsp3) is 0.500. The first-order valence-electron chi connectivity index (χ1n) is 6.70. The van der Waals surface area contributed by atoms with Crippen molar-refractivity contribution in [1.82, 2.24) is 4.72 Å². The van der Waals surface area contributed by atoms with Gasteiger partial charge >= 0.3 is 0 Å². The highest BCUT2D eigenvalue weighted by molar-refractivity contribution is 7.99. The Labute approximate surface area is 129 Å². The summed E-state index contributed by atoms with van der Waals surface area (Å²) in [5.74, 6) is 0.500. The highest BCUT2D eigenvalue weighted by atomic mass is 32.2. The van der Waals surface area contributed by atoms with E-state index >= 15 is 0 Å². The van der Waals surface area contributed by atoms with Crippen molar-refractivity contribution < 1.29 is 13.2 Å². The zero-order valence-corrected chi connectivity index (χ0v) is 14.2. The zero-order valence-electron chi connectivity index (χ0n) is 12.6. The lowest BCUT2D eigenvalue weighted by molar-refractivity contribution is -0.118. The van der Waals surface area contributed by atoms with Gasteiger partial charge in [-0.05, 0) is 39.0 Å². The van der Waals surface area contributed by atoms with Crippen LogP contribution in [0.2, 0.25) is 0 Å². The number of carbonyl (C=O) groups is 1. The molecule has 1 aliphatic rings. The van der Waals surface area contributed by atoms with Crippen LogP contribution in [0, 0.1) is 5.92 Å². The van der Waals surface area contributed by atoms with Crippen molar-refractivity contribution in [3.05, 3.63) is 18.2 Å². The van der Waals surface area contributed by atoms with E-state index in [4.69, 9.17) is 0 Å². The van der Waals surface area contributed by atoms with Crippen molar-refractivity contribution in [3.8, 4) is 0 Å². The van der Waals surface area contributed by atoms with E-state index in [1.54, 1.807) is 44.7 Å². The Morgan fingerprint density at radius 1 is 1.33 bits per heavy atom. The average molecular weight is 328 g/mol. The number of thioether (sulfide) groups is 1. The van der Waals surface area contributed by atoms with E-state index in [-0.39, 0.29) is 16.7 Å². The predicted molar refractivity (Wildman–Crippen MR) is 85.0 cm³/mol. The minimum absolute atomic E-state index is 0.0837. The number of rotatable bonds is 2. The predicted octanol–water partition coefficient (Wildman–Crippen LogP) is 2.44. The lowest BCUT2D eigenvalue weighted by atomic mass is 10.1. The van der Waals surface area contributed by atoms with Gasteiger partial charge in [0.2, 0.25) is 15.9 Å². The largest absolute Gasteiger partial charge is 0.325 e. The van der Waals surface area contributed by atoms with Gasteiger partial charge in [-0.1, -0.05) is 6.92 Å². The second kappa shape index (κ2) is 5.62. The molecule has 7 heteroatoms. The molecule has 116 valence electrons. The van der Waals surface area contributed by atoms with Crippen molar-refractivity contribution in [1.29, 1.82) is 0 Å². The van der Waals surface area contributed by atoms with Crippen LogP contribution in [0.15, 0.2) is 28.0 Å². The quantitative estimate of drug-likeness (QED) is 0.874. The summed E-state index contributed by atoms with van der Waals surface area (Å²) in [6.45, 7) is 7.21. The van der Waals surface area contributed by atoms with Crippen molar-refractivity contribution in [3.63, 3.8) is 0 Å². The summed E-state index contributed by atoms with van der Waals surface area (Å²) in [5.41, 5.74) is 0.00383. The summed E-state index contributed by atoms with van der Waals surface area (Å²) in [6, 6.07) is 4.84. The molecule has 0 aromatic heterocycles. The number of carbonyl (C=O) groups excluding carboxylic acids is 1. The van der Waals surface area contributed by atoms with Crippen LogP contribution >= 0.6 is 11.8 Å². The summed E-state index contributed by atoms with van der Waals surface area (Å²) in [4.78, 5) is 12.9. The first-order valence-corrected chi connectivity index (χ1v) is 9.17. The topological polar surface area (TPSA) is 75.3 Å². The molecular formula is C14H20N2O3S2. The average Bonchev–Trinajstić information content (AvgIpc) is 2.46. The van der Waals surface area contributed by atoms with Crippen LogP contribution in [-0.2, 0) is 14.8 Å². The molecule has 0 saturated carbocycles. The summed E-state index contributed by atoms with van der Waals surface area (Å²) in [7, 11) is -3.60. The van der Waals surface area contributed by atoms with E-state index in [0.29, 0.717) is 11.4 Å². The fourth-order valence-electron chi connectivity index (χ4n) is 1.91.